The molecule has 0 atom stereocenters. The number of rotatable bonds is 9. The van der Waals surface area contributed by atoms with E-state index in [2.05, 4.69) is 10.1 Å². The first kappa shape index (κ1) is 21.1. The Morgan fingerprint density at radius 2 is 1.89 bits per heavy atom. The van der Waals surface area contributed by atoms with Crippen LogP contribution in [0.1, 0.15) is 23.7 Å². The van der Waals surface area contributed by atoms with Crippen molar-refractivity contribution in [3.63, 3.8) is 0 Å². The molecule has 0 aliphatic heterocycles. The average molecular weight is 392 g/mol. The van der Waals surface area contributed by atoms with Crippen LogP contribution < -0.4 is 14.8 Å². The van der Waals surface area contributed by atoms with Crippen molar-refractivity contribution in [3.8, 4) is 11.5 Å². The van der Waals surface area contributed by atoms with Gasteiger partial charge >= 0.3 is 6.61 Å². The molecule has 0 aromatic heterocycles. The Labute approximate surface area is 162 Å². The Bertz CT molecular complexity index is 814. The molecule has 2 aromatic rings. The SMILES string of the molecule is CCCN(CC(=O)Nc1ccccc1OC)C(=O)c1cccc(OC(F)F)c1. The van der Waals surface area contributed by atoms with Gasteiger partial charge in [0.05, 0.1) is 12.8 Å². The molecule has 0 unspecified atom stereocenters. The van der Waals surface area contributed by atoms with Gasteiger partial charge < -0.3 is 19.7 Å². The lowest BCUT2D eigenvalue weighted by molar-refractivity contribution is -0.116. The van der Waals surface area contributed by atoms with Crippen LogP contribution in [0.5, 0.6) is 11.5 Å². The molecular formula is C20H22F2N2O4. The predicted molar refractivity (Wildman–Crippen MR) is 101 cm³/mol. The van der Waals surface area contributed by atoms with Crippen molar-refractivity contribution >= 4 is 17.5 Å². The number of nitrogens with one attached hydrogen (secondary N) is 1. The van der Waals surface area contributed by atoms with Gasteiger partial charge in [0.25, 0.3) is 5.91 Å². The van der Waals surface area contributed by atoms with E-state index in [0.717, 1.165) is 0 Å². The second-order valence-electron chi connectivity index (χ2n) is 5.88. The average Bonchev–Trinajstić information content (AvgIpc) is 2.67. The maximum absolute atomic E-state index is 12.8. The van der Waals surface area contributed by atoms with E-state index in [4.69, 9.17) is 4.74 Å². The zero-order valence-electron chi connectivity index (χ0n) is 15.7. The van der Waals surface area contributed by atoms with Crippen molar-refractivity contribution < 1.29 is 27.8 Å². The molecule has 0 saturated heterocycles. The first-order valence-electron chi connectivity index (χ1n) is 8.71. The van der Waals surface area contributed by atoms with E-state index in [1.807, 2.05) is 6.92 Å². The van der Waals surface area contributed by atoms with E-state index in [-0.39, 0.29) is 17.9 Å². The Morgan fingerprint density at radius 3 is 2.57 bits per heavy atom. The lowest BCUT2D eigenvalue weighted by Crippen LogP contribution is -2.38. The minimum atomic E-state index is -2.98. The lowest BCUT2D eigenvalue weighted by atomic mass is 10.2. The molecule has 28 heavy (non-hydrogen) atoms. The monoisotopic (exact) mass is 392 g/mol. The minimum absolute atomic E-state index is 0.115. The van der Waals surface area contributed by atoms with E-state index < -0.39 is 18.4 Å². The van der Waals surface area contributed by atoms with Gasteiger partial charge in [0.1, 0.15) is 18.0 Å². The van der Waals surface area contributed by atoms with Gasteiger partial charge in [-0.3, -0.25) is 9.59 Å². The van der Waals surface area contributed by atoms with Crippen molar-refractivity contribution in [2.24, 2.45) is 0 Å². The van der Waals surface area contributed by atoms with Crippen LogP contribution in [0, 0.1) is 0 Å². The number of halogens is 2. The van der Waals surface area contributed by atoms with Crippen LogP contribution >= 0.6 is 0 Å². The summed E-state index contributed by atoms with van der Waals surface area (Å²) < 4.78 is 34.3. The second kappa shape index (κ2) is 10.2. The normalized spacial score (nSPS) is 10.5. The zero-order chi connectivity index (χ0) is 20.5. The number of para-hydroxylation sites is 2. The lowest BCUT2D eigenvalue weighted by Gasteiger charge is -2.22. The highest BCUT2D eigenvalue weighted by Crippen LogP contribution is 2.23. The van der Waals surface area contributed by atoms with Crippen molar-refractivity contribution in [1.82, 2.24) is 4.90 Å². The van der Waals surface area contributed by atoms with Gasteiger partial charge in [0.15, 0.2) is 0 Å². The molecule has 0 aliphatic carbocycles. The number of alkyl halides is 2. The number of carbonyl (C=O) groups is 2. The third-order valence-electron chi connectivity index (χ3n) is 3.80. The van der Waals surface area contributed by atoms with Gasteiger partial charge in [-0.2, -0.15) is 8.78 Å². The molecule has 0 aliphatic rings. The predicted octanol–water partition coefficient (Wildman–Crippen LogP) is 3.79. The van der Waals surface area contributed by atoms with Crippen molar-refractivity contribution in [3.05, 3.63) is 54.1 Å². The second-order valence-corrected chi connectivity index (χ2v) is 5.88. The fraction of sp³-hybridized carbons (Fsp3) is 0.300. The van der Waals surface area contributed by atoms with Crippen molar-refractivity contribution in [2.75, 3.05) is 25.5 Å². The number of ether oxygens (including phenoxy) is 2. The smallest absolute Gasteiger partial charge is 0.387 e. The summed E-state index contributed by atoms with van der Waals surface area (Å²) in [6, 6.07) is 12.4. The van der Waals surface area contributed by atoms with E-state index >= 15 is 0 Å². The largest absolute Gasteiger partial charge is 0.495 e. The van der Waals surface area contributed by atoms with Gasteiger partial charge in [0.2, 0.25) is 5.91 Å². The first-order valence-corrected chi connectivity index (χ1v) is 8.71. The topological polar surface area (TPSA) is 67.9 Å². The summed E-state index contributed by atoms with van der Waals surface area (Å²) in [4.78, 5) is 26.5. The van der Waals surface area contributed by atoms with Crippen LogP contribution in [0.4, 0.5) is 14.5 Å². The molecule has 0 spiro atoms. The number of hydrogen-bond acceptors (Lipinski definition) is 4. The maximum Gasteiger partial charge on any atom is 0.387 e. The highest BCUT2D eigenvalue weighted by atomic mass is 19.3. The van der Waals surface area contributed by atoms with Crippen LogP contribution in [0.3, 0.4) is 0 Å². The molecule has 2 amide bonds. The molecule has 6 nitrogen and oxygen atoms in total. The summed E-state index contributed by atoms with van der Waals surface area (Å²) in [6.07, 6.45) is 0.626. The summed E-state index contributed by atoms with van der Waals surface area (Å²) in [6.45, 7) is -0.971. The van der Waals surface area contributed by atoms with E-state index in [1.54, 1.807) is 24.3 Å². The number of carbonyl (C=O) groups excluding carboxylic acids is 2. The van der Waals surface area contributed by atoms with Crippen LogP contribution in [0.15, 0.2) is 48.5 Å². The number of methoxy groups -OCH3 is 1. The number of hydrogen-bond donors (Lipinski definition) is 1. The Morgan fingerprint density at radius 1 is 1.14 bits per heavy atom. The molecule has 0 bridgehead atoms. The Balaban J connectivity index is 2.11. The van der Waals surface area contributed by atoms with Crippen LogP contribution in [0.25, 0.3) is 0 Å². The van der Waals surface area contributed by atoms with Gasteiger partial charge in [0, 0.05) is 12.1 Å². The summed E-state index contributed by atoms with van der Waals surface area (Å²) in [5, 5.41) is 2.71. The summed E-state index contributed by atoms with van der Waals surface area (Å²) in [5.74, 6) is -0.458. The molecule has 150 valence electrons. The number of nitrogens with zero attached hydrogens (tertiary/aromatic N) is 1. The Hall–Kier alpha value is -3.16. The van der Waals surface area contributed by atoms with E-state index in [9.17, 15) is 18.4 Å². The quantitative estimate of drug-likeness (QED) is 0.705. The fourth-order valence-corrected chi connectivity index (χ4v) is 2.62. The molecule has 0 saturated carbocycles. The van der Waals surface area contributed by atoms with Gasteiger partial charge in [-0.1, -0.05) is 25.1 Å². The van der Waals surface area contributed by atoms with E-state index in [1.165, 1.54) is 36.3 Å². The molecule has 2 aromatic carbocycles. The molecule has 8 heteroatoms. The third kappa shape index (κ3) is 5.94. The first-order chi connectivity index (χ1) is 13.4. The van der Waals surface area contributed by atoms with Gasteiger partial charge in [-0.05, 0) is 36.8 Å². The van der Waals surface area contributed by atoms with Crippen LogP contribution in [0.2, 0.25) is 0 Å². The molecule has 0 fully saturated rings. The van der Waals surface area contributed by atoms with Gasteiger partial charge in [-0.15, -0.1) is 0 Å². The summed E-state index contributed by atoms with van der Waals surface area (Å²) in [5.41, 5.74) is 0.655. The van der Waals surface area contributed by atoms with Gasteiger partial charge in [-0.25, -0.2) is 0 Å². The molecule has 1 N–H and O–H groups in total. The number of amides is 2. The minimum Gasteiger partial charge on any atom is -0.495 e. The van der Waals surface area contributed by atoms with Crippen molar-refractivity contribution in [2.45, 2.75) is 20.0 Å². The van der Waals surface area contributed by atoms with Crippen molar-refractivity contribution in [1.29, 1.82) is 0 Å². The fourth-order valence-electron chi connectivity index (χ4n) is 2.62. The molecular weight excluding hydrogens is 370 g/mol. The highest BCUT2D eigenvalue weighted by Gasteiger charge is 2.20. The number of benzene rings is 2. The zero-order valence-corrected chi connectivity index (χ0v) is 15.7. The molecule has 0 heterocycles. The standard InChI is InChI=1S/C20H22F2N2O4/c1-3-11-24(13-18(25)23-16-9-4-5-10-17(16)27-2)19(26)14-7-6-8-15(12-14)28-20(21)22/h4-10,12,20H,3,11,13H2,1-2H3,(H,23,25). The molecule has 0 radical (unpaired) electrons. The summed E-state index contributed by atoms with van der Waals surface area (Å²) >= 11 is 0. The summed E-state index contributed by atoms with van der Waals surface area (Å²) in [7, 11) is 1.49. The van der Waals surface area contributed by atoms with Crippen LogP contribution in [-0.2, 0) is 4.79 Å². The maximum atomic E-state index is 12.8. The molecule has 2 rings (SSSR count). The third-order valence-corrected chi connectivity index (χ3v) is 3.80. The highest BCUT2D eigenvalue weighted by molar-refractivity contribution is 6.00. The Kier molecular flexibility index (Phi) is 7.74. The van der Waals surface area contributed by atoms with E-state index in [0.29, 0.717) is 24.4 Å². The number of anilines is 1. The van der Waals surface area contributed by atoms with Crippen LogP contribution in [-0.4, -0.2) is 43.5 Å².